The molecule has 1 aromatic carbocycles. The Morgan fingerprint density at radius 3 is 2.81 bits per heavy atom. The fourth-order valence-corrected chi connectivity index (χ4v) is 3.04. The normalized spacial score (nSPS) is 22.3. The SMILES string of the molecule is CN1CCC[C@H]1CCNC[C@@H](O)C(N)Cc1ccccc1. The van der Waals surface area contributed by atoms with Crippen molar-refractivity contribution in [3.8, 4) is 0 Å². The Morgan fingerprint density at radius 1 is 1.38 bits per heavy atom. The third-order valence-electron chi connectivity index (χ3n) is 4.49. The van der Waals surface area contributed by atoms with Gasteiger partial charge in [0.1, 0.15) is 0 Å². The topological polar surface area (TPSA) is 61.5 Å². The summed E-state index contributed by atoms with van der Waals surface area (Å²) >= 11 is 0. The van der Waals surface area contributed by atoms with Crippen LogP contribution in [0.25, 0.3) is 0 Å². The molecule has 0 bridgehead atoms. The molecule has 4 heteroatoms. The van der Waals surface area contributed by atoms with Crippen LogP contribution in [0.5, 0.6) is 0 Å². The van der Waals surface area contributed by atoms with E-state index in [1.807, 2.05) is 18.2 Å². The fraction of sp³-hybridized carbons (Fsp3) is 0.647. The first kappa shape index (κ1) is 16.4. The van der Waals surface area contributed by atoms with Crippen LogP contribution in [0.15, 0.2) is 30.3 Å². The third-order valence-corrected chi connectivity index (χ3v) is 4.49. The van der Waals surface area contributed by atoms with E-state index in [0.29, 0.717) is 12.6 Å². The largest absolute Gasteiger partial charge is 0.390 e. The van der Waals surface area contributed by atoms with E-state index in [4.69, 9.17) is 5.73 Å². The van der Waals surface area contributed by atoms with Gasteiger partial charge in [-0.2, -0.15) is 0 Å². The molecule has 0 saturated carbocycles. The van der Waals surface area contributed by atoms with Crippen molar-refractivity contribution < 1.29 is 5.11 Å². The Bertz CT molecular complexity index is 398. The van der Waals surface area contributed by atoms with Crippen LogP contribution >= 0.6 is 0 Å². The van der Waals surface area contributed by atoms with Gasteiger partial charge in [-0.25, -0.2) is 0 Å². The Morgan fingerprint density at radius 2 is 2.14 bits per heavy atom. The molecule has 0 spiro atoms. The highest BCUT2D eigenvalue weighted by Crippen LogP contribution is 2.16. The molecule has 1 saturated heterocycles. The van der Waals surface area contributed by atoms with Crippen LogP contribution in [0.2, 0.25) is 0 Å². The summed E-state index contributed by atoms with van der Waals surface area (Å²) in [6, 6.07) is 10.6. The number of benzene rings is 1. The van der Waals surface area contributed by atoms with Crippen LogP contribution in [0.3, 0.4) is 0 Å². The minimum Gasteiger partial charge on any atom is -0.390 e. The Balaban J connectivity index is 1.61. The van der Waals surface area contributed by atoms with Crippen molar-refractivity contribution in [3.63, 3.8) is 0 Å². The van der Waals surface area contributed by atoms with Gasteiger partial charge >= 0.3 is 0 Å². The number of rotatable bonds is 8. The fourth-order valence-electron chi connectivity index (χ4n) is 3.04. The summed E-state index contributed by atoms with van der Waals surface area (Å²) in [6.07, 6.45) is 3.98. The van der Waals surface area contributed by atoms with Crippen molar-refractivity contribution in [3.05, 3.63) is 35.9 Å². The van der Waals surface area contributed by atoms with Crippen molar-refractivity contribution in [2.24, 2.45) is 5.73 Å². The second-order valence-electron chi connectivity index (χ2n) is 6.19. The van der Waals surface area contributed by atoms with Gasteiger partial charge in [0.15, 0.2) is 0 Å². The molecule has 4 nitrogen and oxygen atoms in total. The molecule has 0 amide bonds. The lowest BCUT2D eigenvalue weighted by Gasteiger charge is -2.22. The Kier molecular flexibility index (Phi) is 6.64. The molecule has 1 aliphatic heterocycles. The highest BCUT2D eigenvalue weighted by molar-refractivity contribution is 5.16. The molecule has 1 aromatic rings. The van der Waals surface area contributed by atoms with Crippen LogP contribution in [0.1, 0.15) is 24.8 Å². The first-order valence-electron chi connectivity index (χ1n) is 8.05. The van der Waals surface area contributed by atoms with Crippen molar-refractivity contribution >= 4 is 0 Å². The molecule has 1 aliphatic rings. The van der Waals surface area contributed by atoms with Gasteiger partial charge in [0.05, 0.1) is 6.10 Å². The van der Waals surface area contributed by atoms with E-state index >= 15 is 0 Å². The number of hydrogen-bond acceptors (Lipinski definition) is 4. The van der Waals surface area contributed by atoms with E-state index in [-0.39, 0.29) is 6.04 Å². The smallest absolute Gasteiger partial charge is 0.0818 e. The van der Waals surface area contributed by atoms with Gasteiger partial charge in [0, 0.05) is 18.6 Å². The first-order valence-corrected chi connectivity index (χ1v) is 8.05. The van der Waals surface area contributed by atoms with Gasteiger partial charge in [-0.15, -0.1) is 0 Å². The molecule has 0 aromatic heterocycles. The zero-order valence-corrected chi connectivity index (χ0v) is 13.0. The zero-order valence-electron chi connectivity index (χ0n) is 13.0. The lowest BCUT2D eigenvalue weighted by molar-refractivity contribution is 0.141. The number of hydrogen-bond donors (Lipinski definition) is 3. The molecule has 3 atom stereocenters. The highest BCUT2D eigenvalue weighted by Gasteiger charge is 2.20. The van der Waals surface area contributed by atoms with Crippen LogP contribution in [0, 0.1) is 0 Å². The molecule has 0 radical (unpaired) electrons. The first-order chi connectivity index (χ1) is 10.2. The van der Waals surface area contributed by atoms with E-state index in [1.165, 1.54) is 24.9 Å². The number of nitrogens with zero attached hydrogens (tertiary/aromatic N) is 1. The van der Waals surface area contributed by atoms with Gasteiger partial charge in [-0.1, -0.05) is 30.3 Å². The highest BCUT2D eigenvalue weighted by atomic mass is 16.3. The summed E-state index contributed by atoms with van der Waals surface area (Å²) in [5, 5.41) is 13.5. The summed E-state index contributed by atoms with van der Waals surface area (Å²) in [7, 11) is 2.20. The molecule has 118 valence electrons. The van der Waals surface area contributed by atoms with Crippen LogP contribution in [-0.4, -0.2) is 54.9 Å². The van der Waals surface area contributed by atoms with Crippen LogP contribution in [0.4, 0.5) is 0 Å². The van der Waals surface area contributed by atoms with Crippen LogP contribution < -0.4 is 11.1 Å². The van der Waals surface area contributed by atoms with Gasteiger partial charge in [-0.05, 0) is 51.4 Å². The lowest BCUT2D eigenvalue weighted by Crippen LogP contribution is -2.43. The summed E-state index contributed by atoms with van der Waals surface area (Å²) in [5.74, 6) is 0. The Hall–Kier alpha value is -0.940. The average Bonchev–Trinajstić information content (AvgIpc) is 2.90. The minimum atomic E-state index is -0.494. The van der Waals surface area contributed by atoms with E-state index in [0.717, 1.165) is 19.4 Å². The number of nitrogens with two attached hydrogens (primary N) is 1. The molecule has 4 N–H and O–H groups in total. The minimum absolute atomic E-state index is 0.214. The van der Waals surface area contributed by atoms with Crippen molar-refractivity contribution in [1.82, 2.24) is 10.2 Å². The molecule has 21 heavy (non-hydrogen) atoms. The third kappa shape index (κ3) is 5.40. The maximum absolute atomic E-state index is 10.1. The molecular formula is C17H29N3O. The lowest BCUT2D eigenvalue weighted by atomic mass is 10.0. The number of aliphatic hydroxyl groups excluding tert-OH is 1. The number of nitrogens with one attached hydrogen (secondary N) is 1. The molecule has 1 fully saturated rings. The van der Waals surface area contributed by atoms with E-state index < -0.39 is 6.10 Å². The maximum Gasteiger partial charge on any atom is 0.0818 e. The van der Waals surface area contributed by atoms with Gasteiger partial charge in [-0.3, -0.25) is 0 Å². The maximum atomic E-state index is 10.1. The van der Waals surface area contributed by atoms with Crippen molar-refractivity contribution in [2.45, 2.75) is 43.9 Å². The standard InChI is InChI=1S/C17H29N3O/c1-20-11-5-8-15(20)9-10-19-13-17(21)16(18)12-14-6-3-2-4-7-14/h2-4,6-7,15-17,19,21H,5,8-13,18H2,1H3/t15-,16?,17+/m0/s1. The van der Waals surface area contributed by atoms with Crippen molar-refractivity contribution in [1.29, 1.82) is 0 Å². The summed E-state index contributed by atoms with van der Waals surface area (Å²) < 4.78 is 0. The van der Waals surface area contributed by atoms with Gasteiger partial charge < -0.3 is 21.1 Å². The summed E-state index contributed by atoms with van der Waals surface area (Å²) in [5.41, 5.74) is 7.25. The summed E-state index contributed by atoms with van der Waals surface area (Å²) in [4.78, 5) is 2.43. The Labute approximate surface area is 128 Å². The predicted octanol–water partition coefficient (Wildman–Crippen LogP) is 0.991. The molecule has 1 unspecified atom stereocenters. The summed E-state index contributed by atoms with van der Waals surface area (Å²) in [6.45, 7) is 2.74. The van der Waals surface area contributed by atoms with Gasteiger partial charge in [0.2, 0.25) is 0 Å². The predicted molar refractivity (Wildman–Crippen MR) is 87.3 cm³/mol. The zero-order chi connectivity index (χ0) is 15.1. The average molecular weight is 291 g/mol. The van der Waals surface area contributed by atoms with Gasteiger partial charge in [0.25, 0.3) is 0 Å². The van der Waals surface area contributed by atoms with Crippen LogP contribution in [-0.2, 0) is 6.42 Å². The van der Waals surface area contributed by atoms with Crippen molar-refractivity contribution in [2.75, 3.05) is 26.7 Å². The second kappa shape index (κ2) is 8.49. The van der Waals surface area contributed by atoms with E-state index in [9.17, 15) is 5.11 Å². The monoisotopic (exact) mass is 291 g/mol. The van der Waals surface area contributed by atoms with E-state index in [1.54, 1.807) is 0 Å². The molecule has 1 heterocycles. The second-order valence-corrected chi connectivity index (χ2v) is 6.19. The number of aliphatic hydroxyl groups is 1. The molecule has 2 rings (SSSR count). The van der Waals surface area contributed by atoms with E-state index in [2.05, 4.69) is 29.4 Å². The molecule has 0 aliphatic carbocycles. The quantitative estimate of drug-likeness (QED) is 0.625. The number of likely N-dealkylation sites (tertiary alicyclic amines) is 1. The molecular weight excluding hydrogens is 262 g/mol.